The lowest BCUT2D eigenvalue weighted by atomic mass is 10.00. The number of carboxylic acids is 1. The summed E-state index contributed by atoms with van der Waals surface area (Å²) in [5.41, 5.74) is 2.13. The maximum Gasteiger partial charge on any atom is 0.303 e. The number of ether oxygens (including phenoxy) is 1. The minimum absolute atomic E-state index is 0.0129. The molecule has 1 atom stereocenters. The molecule has 10 heteroatoms. The van der Waals surface area contributed by atoms with Crippen LogP contribution in [0, 0.1) is 0 Å². The zero-order valence-corrected chi connectivity index (χ0v) is 18.6. The van der Waals surface area contributed by atoms with Crippen molar-refractivity contribution in [1.82, 2.24) is 9.80 Å². The lowest BCUT2D eigenvalue weighted by molar-refractivity contribution is -0.142. The summed E-state index contributed by atoms with van der Waals surface area (Å²) in [6.07, 6.45) is -0.432. The molecule has 0 radical (unpaired) electrons. The Bertz CT molecular complexity index is 1150. The van der Waals surface area contributed by atoms with Crippen LogP contribution in [-0.4, -0.2) is 71.4 Å². The topological polar surface area (TPSA) is 116 Å². The van der Waals surface area contributed by atoms with E-state index in [4.69, 9.17) is 21.4 Å². The van der Waals surface area contributed by atoms with Gasteiger partial charge < -0.3 is 25.0 Å². The molecule has 2 aliphatic heterocycles. The molecule has 172 valence electrons. The van der Waals surface area contributed by atoms with E-state index in [1.165, 1.54) is 9.80 Å². The van der Waals surface area contributed by atoms with E-state index in [1.54, 1.807) is 43.5 Å². The van der Waals surface area contributed by atoms with Gasteiger partial charge in [0.1, 0.15) is 11.8 Å². The summed E-state index contributed by atoms with van der Waals surface area (Å²) < 4.78 is 5.42. The van der Waals surface area contributed by atoms with E-state index in [0.29, 0.717) is 33.1 Å². The average molecular weight is 472 g/mol. The zero-order chi connectivity index (χ0) is 23.7. The van der Waals surface area contributed by atoms with Crippen LogP contribution in [0.5, 0.6) is 5.75 Å². The number of hydrogen-bond donors (Lipinski definition) is 2. The highest BCUT2D eigenvalue weighted by atomic mass is 35.5. The smallest absolute Gasteiger partial charge is 0.303 e. The maximum absolute atomic E-state index is 13.4. The number of fused-ring (bicyclic) bond motifs is 2. The van der Waals surface area contributed by atoms with Crippen LogP contribution in [0.3, 0.4) is 0 Å². The summed E-state index contributed by atoms with van der Waals surface area (Å²) in [6, 6.07) is 9.45. The van der Waals surface area contributed by atoms with Crippen molar-refractivity contribution in [3.8, 4) is 16.9 Å². The number of carbonyl (C=O) groups is 4. The van der Waals surface area contributed by atoms with Gasteiger partial charge in [-0.3, -0.25) is 19.2 Å². The number of carboxylic acid groups (broad SMARTS) is 1. The summed E-state index contributed by atoms with van der Waals surface area (Å²) in [5.74, 6) is -1.54. The van der Waals surface area contributed by atoms with Gasteiger partial charge in [-0.1, -0.05) is 17.7 Å². The monoisotopic (exact) mass is 471 g/mol. The summed E-state index contributed by atoms with van der Waals surface area (Å²) in [6.45, 7) is 0.407. The molecule has 0 aromatic heterocycles. The van der Waals surface area contributed by atoms with E-state index in [9.17, 15) is 19.2 Å². The molecule has 33 heavy (non-hydrogen) atoms. The van der Waals surface area contributed by atoms with Crippen molar-refractivity contribution in [1.29, 1.82) is 0 Å². The Morgan fingerprint density at radius 1 is 1.12 bits per heavy atom. The molecule has 3 amide bonds. The largest absolute Gasteiger partial charge is 0.496 e. The number of nitrogens with zero attached hydrogens (tertiary/aromatic N) is 2. The van der Waals surface area contributed by atoms with Crippen molar-refractivity contribution < 1.29 is 29.0 Å². The van der Waals surface area contributed by atoms with Crippen LogP contribution < -0.4 is 10.1 Å². The van der Waals surface area contributed by atoms with Gasteiger partial charge >= 0.3 is 5.97 Å². The van der Waals surface area contributed by atoms with Gasteiger partial charge in [0, 0.05) is 30.1 Å². The lowest BCUT2D eigenvalue weighted by Gasteiger charge is -2.39. The number of benzene rings is 2. The quantitative estimate of drug-likeness (QED) is 0.692. The summed E-state index contributed by atoms with van der Waals surface area (Å²) in [7, 11) is 1.55. The van der Waals surface area contributed by atoms with Crippen molar-refractivity contribution in [2.45, 2.75) is 18.9 Å². The summed E-state index contributed by atoms with van der Waals surface area (Å²) >= 11 is 6.16. The standard InChI is InChI=1S/C23H22ClN3O6/c1-33-19-5-3-14(24)11-15(19)13-2-4-17-16(10-13)23(32)27-9-8-26(12-18(27)22(31)25-17)20(28)6-7-21(29)30/h2-5,10-11,18H,6-9,12H2,1H3,(H,25,31)(H,29,30)/t18-/m0/s1. The van der Waals surface area contributed by atoms with Crippen LogP contribution in [0.2, 0.25) is 5.02 Å². The highest BCUT2D eigenvalue weighted by Crippen LogP contribution is 2.36. The SMILES string of the molecule is COc1ccc(Cl)cc1-c1ccc2c(c1)C(=O)N1CCN(C(=O)CCC(=O)O)C[C@H]1C(=O)N2. The fourth-order valence-electron chi connectivity index (χ4n) is 4.12. The number of carbonyl (C=O) groups excluding carboxylic acids is 3. The molecule has 2 aliphatic rings. The molecular formula is C23H22ClN3O6. The lowest BCUT2D eigenvalue weighted by Crippen LogP contribution is -2.59. The molecule has 0 saturated carbocycles. The minimum atomic E-state index is -1.06. The Morgan fingerprint density at radius 2 is 1.91 bits per heavy atom. The van der Waals surface area contributed by atoms with Crippen LogP contribution in [0.15, 0.2) is 36.4 Å². The van der Waals surface area contributed by atoms with Gasteiger partial charge in [0.05, 0.1) is 31.3 Å². The Hall–Kier alpha value is -3.59. The molecule has 0 aliphatic carbocycles. The van der Waals surface area contributed by atoms with Crippen LogP contribution in [0.1, 0.15) is 23.2 Å². The first kappa shape index (κ1) is 22.6. The van der Waals surface area contributed by atoms with Gasteiger partial charge in [-0.25, -0.2) is 0 Å². The predicted molar refractivity (Wildman–Crippen MR) is 120 cm³/mol. The first-order valence-corrected chi connectivity index (χ1v) is 10.8. The molecule has 2 aromatic carbocycles. The molecule has 2 heterocycles. The molecule has 4 rings (SSSR count). The molecular weight excluding hydrogens is 450 g/mol. The van der Waals surface area contributed by atoms with Crippen LogP contribution in [0.4, 0.5) is 5.69 Å². The first-order valence-electron chi connectivity index (χ1n) is 10.4. The van der Waals surface area contributed by atoms with Gasteiger partial charge in [0.25, 0.3) is 5.91 Å². The molecule has 2 aromatic rings. The van der Waals surface area contributed by atoms with Gasteiger partial charge in [-0.2, -0.15) is 0 Å². The van der Waals surface area contributed by atoms with E-state index < -0.39 is 17.9 Å². The molecule has 9 nitrogen and oxygen atoms in total. The number of rotatable bonds is 5. The van der Waals surface area contributed by atoms with Crippen molar-refractivity contribution in [2.75, 3.05) is 32.1 Å². The third-order valence-corrected chi connectivity index (χ3v) is 6.06. The van der Waals surface area contributed by atoms with E-state index in [1.807, 2.05) is 0 Å². The predicted octanol–water partition coefficient (Wildman–Crippen LogP) is 2.49. The number of nitrogens with one attached hydrogen (secondary N) is 1. The fraction of sp³-hybridized carbons (Fsp3) is 0.304. The van der Waals surface area contributed by atoms with Crippen molar-refractivity contribution in [3.05, 3.63) is 47.0 Å². The minimum Gasteiger partial charge on any atom is -0.496 e. The van der Waals surface area contributed by atoms with Gasteiger partial charge in [0.2, 0.25) is 11.8 Å². The highest BCUT2D eigenvalue weighted by Gasteiger charge is 2.40. The molecule has 0 unspecified atom stereocenters. The van der Waals surface area contributed by atoms with E-state index >= 15 is 0 Å². The fourth-order valence-corrected chi connectivity index (χ4v) is 4.30. The number of amides is 3. The van der Waals surface area contributed by atoms with Crippen molar-refractivity contribution >= 4 is 41.0 Å². The average Bonchev–Trinajstić information content (AvgIpc) is 2.91. The van der Waals surface area contributed by atoms with Crippen LogP contribution in [-0.2, 0) is 14.4 Å². The second-order valence-corrected chi connectivity index (χ2v) is 8.28. The maximum atomic E-state index is 13.4. The van der Waals surface area contributed by atoms with Crippen LogP contribution >= 0.6 is 11.6 Å². The number of aliphatic carboxylic acids is 1. The van der Waals surface area contributed by atoms with Crippen LogP contribution in [0.25, 0.3) is 11.1 Å². The second-order valence-electron chi connectivity index (χ2n) is 7.84. The van der Waals surface area contributed by atoms with E-state index in [-0.39, 0.29) is 44.3 Å². The normalized spacial score (nSPS) is 17.6. The Kier molecular flexibility index (Phi) is 6.24. The molecule has 2 N–H and O–H groups in total. The second kappa shape index (κ2) is 9.11. The molecule has 1 saturated heterocycles. The highest BCUT2D eigenvalue weighted by molar-refractivity contribution is 6.31. The summed E-state index contributed by atoms with van der Waals surface area (Å²) in [4.78, 5) is 52.4. The number of anilines is 1. The third-order valence-electron chi connectivity index (χ3n) is 5.83. The number of hydrogen-bond acceptors (Lipinski definition) is 5. The van der Waals surface area contributed by atoms with Gasteiger partial charge in [-0.05, 0) is 35.9 Å². The number of methoxy groups -OCH3 is 1. The van der Waals surface area contributed by atoms with E-state index in [2.05, 4.69) is 5.32 Å². The van der Waals surface area contributed by atoms with Gasteiger partial charge in [0.15, 0.2) is 0 Å². The number of piperazine rings is 1. The first-order chi connectivity index (χ1) is 15.8. The van der Waals surface area contributed by atoms with E-state index in [0.717, 1.165) is 0 Å². The molecule has 0 bridgehead atoms. The number of halogens is 1. The Labute approximate surface area is 194 Å². The molecule has 1 fully saturated rings. The third kappa shape index (κ3) is 4.49. The summed E-state index contributed by atoms with van der Waals surface area (Å²) in [5, 5.41) is 12.1. The zero-order valence-electron chi connectivity index (χ0n) is 17.8. The molecule has 0 spiro atoms. The Balaban J connectivity index is 1.62. The Morgan fingerprint density at radius 3 is 2.64 bits per heavy atom. The van der Waals surface area contributed by atoms with Crippen molar-refractivity contribution in [3.63, 3.8) is 0 Å². The van der Waals surface area contributed by atoms with Crippen molar-refractivity contribution in [2.24, 2.45) is 0 Å². The van der Waals surface area contributed by atoms with Gasteiger partial charge in [-0.15, -0.1) is 0 Å².